The lowest BCUT2D eigenvalue weighted by Gasteiger charge is -2.23. The van der Waals surface area contributed by atoms with Crippen molar-refractivity contribution in [2.75, 3.05) is 7.11 Å². The highest BCUT2D eigenvalue weighted by Crippen LogP contribution is 2.38. The summed E-state index contributed by atoms with van der Waals surface area (Å²) in [7, 11) is 1.60. The van der Waals surface area contributed by atoms with E-state index in [1.165, 1.54) is 6.07 Å². The number of benzene rings is 4. The zero-order valence-corrected chi connectivity index (χ0v) is 20.9. The predicted octanol–water partition coefficient (Wildman–Crippen LogP) is 6.48. The van der Waals surface area contributed by atoms with Crippen LogP contribution in [0.25, 0.3) is 21.7 Å². The van der Waals surface area contributed by atoms with Crippen LogP contribution in [0.3, 0.4) is 0 Å². The van der Waals surface area contributed by atoms with Crippen molar-refractivity contribution in [2.24, 2.45) is 5.92 Å². The van der Waals surface area contributed by atoms with Gasteiger partial charge in [0.05, 0.1) is 18.5 Å². The number of halogens is 1. The first-order valence-electron chi connectivity index (χ1n) is 12.7. The van der Waals surface area contributed by atoms with Crippen molar-refractivity contribution < 1.29 is 23.5 Å². The van der Waals surface area contributed by atoms with Crippen LogP contribution in [-0.4, -0.2) is 23.6 Å². The van der Waals surface area contributed by atoms with Gasteiger partial charge in [0.15, 0.2) is 0 Å². The molecule has 1 aliphatic rings. The quantitative estimate of drug-likeness (QED) is 0.256. The standard InChI is InChI=1S/C32H26FNO4/c1-37-22-12-16-30-27(18-22)26-17-21(32(36)38-19-20-7-3-2-4-8-20)11-15-29(26)34(30)31(35)25-13-14-28(33)24-10-6-5-9-23(24)25/h2-10,12-14,16,18,21H,11,15,17,19H2,1H3. The van der Waals surface area contributed by atoms with Gasteiger partial charge in [-0.1, -0.05) is 54.6 Å². The van der Waals surface area contributed by atoms with Crippen LogP contribution in [0.2, 0.25) is 0 Å². The Balaban J connectivity index is 1.39. The molecule has 0 bridgehead atoms. The van der Waals surface area contributed by atoms with Gasteiger partial charge < -0.3 is 9.47 Å². The van der Waals surface area contributed by atoms with Gasteiger partial charge in [0.25, 0.3) is 5.91 Å². The third-order valence-electron chi connectivity index (χ3n) is 7.43. The van der Waals surface area contributed by atoms with Crippen LogP contribution in [0.15, 0.2) is 84.9 Å². The molecule has 0 amide bonds. The Kier molecular flexibility index (Phi) is 6.16. The molecule has 4 aromatic carbocycles. The molecule has 0 saturated carbocycles. The fourth-order valence-corrected chi connectivity index (χ4v) is 5.51. The van der Waals surface area contributed by atoms with Crippen molar-refractivity contribution in [3.8, 4) is 5.75 Å². The average molecular weight is 508 g/mol. The Bertz CT molecular complexity index is 1690. The van der Waals surface area contributed by atoms with Crippen LogP contribution in [0.5, 0.6) is 5.75 Å². The number of methoxy groups -OCH3 is 1. The van der Waals surface area contributed by atoms with Crippen LogP contribution in [-0.2, 0) is 29.0 Å². The largest absolute Gasteiger partial charge is 0.497 e. The summed E-state index contributed by atoms with van der Waals surface area (Å²) in [4.78, 5) is 27.1. The molecule has 0 N–H and O–H groups in total. The van der Waals surface area contributed by atoms with E-state index in [-0.39, 0.29) is 30.2 Å². The lowest BCUT2D eigenvalue weighted by molar-refractivity contribution is -0.150. The lowest BCUT2D eigenvalue weighted by Crippen LogP contribution is -2.26. The summed E-state index contributed by atoms with van der Waals surface area (Å²) in [5.74, 6) is -0.455. The monoisotopic (exact) mass is 507 g/mol. The molecule has 6 heteroatoms. The number of rotatable bonds is 5. The zero-order valence-electron chi connectivity index (χ0n) is 20.9. The number of fused-ring (bicyclic) bond motifs is 4. The van der Waals surface area contributed by atoms with Crippen molar-refractivity contribution in [3.05, 3.63) is 113 Å². The molecule has 0 radical (unpaired) electrons. The van der Waals surface area contributed by atoms with Crippen molar-refractivity contribution in [1.82, 2.24) is 4.57 Å². The van der Waals surface area contributed by atoms with Crippen molar-refractivity contribution in [1.29, 1.82) is 0 Å². The summed E-state index contributed by atoms with van der Waals surface area (Å²) in [6, 6.07) is 25.1. The zero-order chi connectivity index (χ0) is 26.2. The van der Waals surface area contributed by atoms with E-state index in [0.717, 1.165) is 27.7 Å². The highest BCUT2D eigenvalue weighted by atomic mass is 19.1. The maximum absolute atomic E-state index is 14.5. The maximum Gasteiger partial charge on any atom is 0.309 e. The smallest absolute Gasteiger partial charge is 0.309 e. The van der Waals surface area contributed by atoms with E-state index >= 15 is 0 Å². The molecule has 6 rings (SSSR count). The van der Waals surface area contributed by atoms with Gasteiger partial charge in [0.2, 0.25) is 0 Å². The normalized spacial score (nSPS) is 14.8. The van der Waals surface area contributed by atoms with E-state index in [9.17, 15) is 14.0 Å². The Morgan fingerprint density at radius 1 is 0.921 bits per heavy atom. The van der Waals surface area contributed by atoms with Crippen molar-refractivity contribution >= 4 is 33.6 Å². The molecule has 0 fully saturated rings. The third-order valence-corrected chi connectivity index (χ3v) is 7.43. The van der Waals surface area contributed by atoms with Crippen LogP contribution in [0, 0.1) is 11.7 Å². The molecule has 38 heavy (non-hydrogen) atoms. The number of nitrogens with zero attached hydrogens (tertiary/aromatic N) is 1. The van der Waals surface area contributed by atoms with E-state index < -0.39 is 0 Å². The first kappa shape index (κ1) is 23.9. The van der Waals surface area contributed by atoms with Gasteiger partial charge in [-0.2, -0.15) is 0 Å². The summed E-state index contributed by atoms with van der Waals surface area (Å²) < 4.78 is 27.3. The summed E-state index contributed by atoms with van der Waals surface area (Å²) in [6.45, 7) is 0.231. The molecule has 1 heterocycles. The fourth-order valence-electron chi connectivity index (χ4n) is 5.51. The number of carbonyl (C=O) groups is 2. The lowest BCUT2D eigenvalue weighted by atomic mass is 9.86. The summed E-state index contributed by atoms with van der Waals surface area (Å²) >= 11 is 0. The molecule has 5 nitrogen and oxygen atoms in total. The number of carbonyl (C=O) groups excluding carboxylic acids is 2. The number of ether oxygens (including phenoxy) is 2. The molecule has 0 spiro atoms. The van der Waals surface area contributed by atoms with Gasteiger partial charge in [-0.3, -0.25) is 14.2 Å². The van der Waals surface area contributed by atoms with Gasteiger partial charge in [-0.25, -0.2) is 4.39 Å². The Hall–Kier alpha value is -4.45. The van der Waals surface area contributed by atoms with E-state index in [2.05, 4.69) is 0 Å². The second-order valence-corrected chi connectivity index (χ2v) is 9.62. The van der Waals surface area contributed by atoms with Gasteiger partial charge in [-0.05, 0) is 66.1 Å². The van der Waals surface area contributed by atoms with Crippen molar-refractivity contribution in [2.45, 2.75) is 25.9 Å². The van der Waals surface area contributed by atoms with Crippen LogP contribution in [0.1, 0.15) is 33.6 Å². The molecule has 1 aliphatic carbocycles. The molecular formula is C32H26FNO4. The molecule has 1 atom stereocenters. The van der Waals surface area contributed by atoms with Gasteiger partial charge in [-0.15, -0.1) is 0 Å². The Morgan fingerprint density at radius 3 is 2.47 bits per heavy atom. The van der Waals surface area contributed by atoms with E-state index in [1.807, 2.05) is 48.5 Å². The third kappa shape index (κ3) is 4.12. The molecule has 0 saturated heterocycles. The average Bonchev–Trinajstić information content (AvgIpc) is 3.29. The predicted molar refractivity (Wildman–Crippen MR) is 144 cm³/mol. The van der Waals surface area contributed by atoms with Gasteiger partial charge in [0.1, 0.15) is 18.2 Å². The minimum atomic E-state index is -0.363. The van der Waals surface area contributed by atoms with Crippen molar-refractivity contribution in [3.63, 3.8) is 0 Å². The van der Waals surface area contributed by atoms with E-state index in [4.69, 9.17) is 9.47 Å². The molecule has 1 aromatic heterocycles. The minimum absolute atomic E-state index is 0.220. The van der Waals surface area contributed by atoms with Crippen LogP contribution < -0.4 is 4.74 Å². The van der Waals surface area contributed by atoms with Gasteiger partial charge in [0, 0.05) is 22.0 Å². The molecular weight excluding hydrogens is 481 g/mol. The Labute approximate surface area is 219 Å². The Morgan fingerprint density at radius 2 is 1.68 bits per heavy atom. The second-order valence-electron chi connectivity index (χ2n) is 9.62. The first-order chi connectivity index (χ1) is 18.5. The second kappa shape index (κ2) is 9.78. The number of esters is 1. The number of hydrogen-bond donors (Lipinski definition) is 0. The summed E-state index contributed by atoms with van der Waals surface area (Å²) in [5.41, 5.74) is 3.94. The number of aromatic nitrogens is 1. The van der Waals surface area contributed by atoms with E-state index in [1.54, 1.807) is 42.0 Å². The molecule has 1 unspecified atom stereocenters. The molecule has 5 aromatic rings. The van der Waals surface area contributed by atoms with Crippen LogP contribution in [0.4, 0.5) is 4.39 Å². The highest BCUT2D eigenvalue weighted by Gasteiger charge is 2.32. The summed E-state index contributed by atoms with van der Waals surface area (Å²) in [5, 5.41) is 1.85. The van der Waals surface area contributed by atoms with E-state index in [0.29, 0.717) is 41.3 Å². The minimum Gasteiger partial charge on any atom is -0.497 e. The fraction of sp³-hybridized carbons (Fsp3) is 0.188. The first-order valence-corrected chi connectivity index (χ1v) is 12.7. The topological polar surface area (TPSA) is 57.5 Å². The highest BCUT2D eigenvalue weighted by molar-refractivity contribution is 6.12. The van der Waals surface area contributed by atoms with Crippen LogP contribution >= 0.6 is 0 Å². The molecule has 0 aliphatic heterocycles. The van der Waals surface area contributed by atoms with Gasteiger partial charge >= 0.3 is 5.97 Å². The SMILES string of the molecule is COc1ccc2c(c1)c1c(n2C(=O)c2ccc(F)c3ccccc23)CCC(C(=O)OCc2ccccc2)C1. The summed E-state index contributed by atoms with van der Waals surface area (Å²) in [6.07, 6.45) is 1.59. The molecule has 190 valence electrons. The maximum atomic E-state index is 14.5. The number of hydrogen-bond acceptors (Lipinski definition) is 4.